The van der Waals surface area contributed by atoms with Gasteiger partial charge in [-0.1, -0.05) is 30.3 Å². The van der Waals surface area contributed by atoms with Crippen LogP contribution in [0.5, 0.6) is 0 Å². The molecule has 2 fully saturated rings. The molecule has 2 aliphatic rings. The summed E-state index contributed by atoms with van der Waals surface area (Å²) in [4.78, 5) is 26.1. The minimum Gasteiger partial charge on any atom is -0.347 e. The molecule has 0 aromatic heterocycles. The van der Waals surface area contributed by atoms with Crippen LogP contribution in [-0.4, -0.2) is 36.0 Å². The number of likely N-dealkylation sites (tertiary alicyclic amines) is 1. The second-order valence-corrected chi connectivity index (χ2v) is 6.10. The van der Waals surface area contributed by atoms with Crippen LogP contribution in [-0.2, 0) is 4.79 Å². The number of rotatable bonds is 2. The van der Waals surface area contributed by atoms with Gasteiger partial charge in [0.1, 0.15) is 0 Å². The van der Waals surface area contributed by atoms with E-state index in [9.17, 15) is 9.59 Å². The Morgan fingerprint density at radius 2 is 1.86 bits per heavy atom. The van der Waals surface area contributed by atoms with Gasteiger partial charge in [-0.05, 0) is 31.2 Å². The normalized spacial score (nSPS) is 25.5. The maximum Gasteiger partial charge on any atom is 0.317 e. The molecule has 1 aromatic rings. The molecule has 0 saturated carbocycles. The van der Waals surface area contributed by atoms with E-state index in [4.69, 9.17) is 0 Å². The highest BCUT2D eigenvalue weighted by molar-refractivity contribution is 5.79. The third-order valence-corrected chi connectivity index (χ3v) is 4.51. The van der Waals surface area contributed by atoms with E-state index in [1.165, 1.54) is 6.42 Å². The number of hydrogen-bond donors (Lipinski definition) is 2. The Morgan fingerprint density at radius 1 is 1.14 bits per heavy atom. The standard InChI is InChI=1S/C17H23N3O2/c21-15-10-9-14(16(19-15)13-7-3-1-4-8-13)18-17(22)20-11-5-2-6-12-20/h1,3-4,7-8,14,16H,2,5-6,9-12H2,(H,18,22)(H,19,21)/t14-,16+/m1/s1. The molecular formula is C17H23N3O2. The Balaban J connectivity index is 1.69. The van der Waals surface area contributed by atoms with Gasteiger partial charge < -0.3 is 15.5 Å². The number of piperidine rings is 2. The molecule has 5 nitrogen and oxygen atoms in total. The number of carbonyl (C=O) groups excluding carboxylic acids is 2. The van der Waals surface area contributed by atoms with Gasteiger partial charge >= 0.3 is 6.03 Å². The first-order valence-corrected chi connectivity index (χ1v) is 8.14. The number of carbonyl (C=O) groups is 2. The predicted octanol–water partition coefficient (Wildman–Crippen LogP) is 2.20. The van der Waals surface area contributed by atoms with Crippen LogP contribution in [0.4, 0.5) is 4.79 Å². The summed E-state index contributed by atoms with van der Waals surface area (Å²) in [6.07, 6.45) is 4.52. The number of amides is 3. The van der Waals surface area contributed by atoms with Crippen LogP contribution in [0.2, 0.25) is 0 Å². The van der Waals surface area contributed by atoms with Crippen LogP contribution in [0, 0.1) is 0 Å². The van der Waals surface area contributed by atoms with Crippen LogP contribution in [0.3, 0.4) is 0 Å². The van der Waals surface area contributed by atoms with E-state index in [2.05, 4.69) is 10.6 Å². The highest BCUT2D eigenvalue weighted by atomic mass is 16.2. The zero-order chi connectivity index (χ0) is 15.4. The predicted molar refractivity (Wildman–Crippen MR) is 84.3 cm³/mol. The van der Waals surface area contributed by atoms with Gasteiger partial charge in [-0.15, -0.1) is 0 Å². The fraction of sp³-hybridized carbons (Fsp3) is 0.529. The summed E-state index contributed by atoms with van der Waals surface area (Å²) in [5, 5.41) is 6.15. The largest absolute Gasteiger partial charge is 0.347 e. The van der Waals surface area contributed by atoms with E-state index >= 15 is 0 Å². The van der Waals surface area contributed by atoms with E-state index < -0.39 is 0 Å². The summed E-state index contributed by atoms with van der Waals surface area (Å²) in [5.74, 6) is 0.0531. The van der Waals surface area contributed by atoms with Crippen molar-refractivity contribution in [1.82, 2.24) is 15.5 Å². The van der Waals surface area contributed by atoms with Crippen LogP contribution in [0.25, 0.3) is 0 Å². The van der Waals surface area contributed by atoms with E-state index in [1.807, 2.05) is 35.2 Å². The average molecular weight is 301 g/mol. The zero-order valence-electron chi connectivity index (χ0n) is 12.8. The third kappa shape index (κ3) is 3.40. The lowest BCUT2D eigenvalue weighted by atomic mass is 9.92. The number of nitrogens with zero attached hydrogens (tertiary/aromatic N) is 1. The molecule has 0 bridgehead atoms. The van der Waals surface area contributed by atoms with Crippen molar-refractivity contribution in [3.63, 3.8) is 0 Å². The first kappa shape index (κ1) is 14.9. The van der Waals surface area contributed by atoms with Gasteiger partial charge in [-0.2, -0.15) is 0 Å². The summed E-state index contributed by atoms with van der Waals surface area (Å²) >= 11 is 0. The maximum atomic E-state index is 12.4. The number of hydrogen-bond acceptors (Lipinski definition) is 2. The van der Waals surface area contributed by atoms with Gasteiger partial charge in [-0.3, -0.25) is 4.79 Å². The molecule has 2 N–H and O–H groups in total. The molecule has 2 aliphatic heterocycles. The Labute approximate surface area is 131 Å². The molecule has 0 unspecified atom stereocenters. The van der Waals surface area contributed by atoms with Crippen molar-refractivity contribution in [3.8, 4) is 0 Å². The SMILES string of the molecule is O=C1CC[C@@H](NC(=O)N2CCCCC2)[C@H](c2ccccc2)N1. The van der Waals surface area contributed by atoms with Crippen LogP contribution < -0.4 is 10.6 Å². The molecule has 1 aromatic carbocycles. The minimum absolute atomic E-state index is 0.00165. The van der Waals surface area contributed by atoms with Gasteiger partial charge in [0, 0.05) is 19.5 Å². The Hall–Kier alpha value is -2.04. The topological polar surface area (TPSA) is 61.4 Å². The molecule has 0 radical (unpaired) electrons. The number of benzene rings is 1. The average Bonchev–Trinajstić information content (AvgIpc) is 2.58. The van der Waals surface area contributed by atoms with E-state index in [0.717, 1.165) is 31.5 Å². The van der Waals surface area contributed by atoms with E-state index in [-0.39, 0.29) is 24.0 Å². The quantitative estimate of drug-likeness (QED) is 0.879. The Morgan fingerprint density at radius 3 is 2.59 bits per heavy atom. The summed E-state index contributed by atoms with van der Waals surface area (Å²) < 4.78 is 0. The molecule has 2 saturated heterocycles. The van der Waals surface area contributed by atoms with Crippen molar-refractivity contribution in [1.29, 1.82) is 0 Å². The van der Waals surface area contributed by atoms with E-state index in [1.54, 1.807) is 0 Å². The van der Waals surface area contributed by atoms with Gasteiger partial charge in [0.15, 0.2) is 0 Å². The smallest absolute Gasteiger partial charge is 0.317 e. The van der Waals surface area contributed by atoms with Crippen LogP contribution in [0.15, 0.2) is 30.3 Å². The van der Waals surface area contributed by atoms with Crippen LogP contribution in [0.1, 0.15) is 43.7 Å². The Kier molecular flexibility index (Phi) is 4.61. The van der Waals surface area contributed by atoms with Crippen LogP contribution >= 0.6 is 0 Å². The first-order chi connectivity index (χ1) is 10.7. The Bertz CT molecular complexity index is 526. The van der Waals surface area contributed by atoms with Crippen molar-refractivity contribution in [2.75, 3.05) is 13.1 Å². The third-order valence-electron chi connectivity index (χ3n) is 4.51. The van der Waals surface area contributed by atoms with Gasteiger partial charge in [0.05, 0.1) is 12.1 Å². The fourth-order valence-electron chi connectivity index (χ4n) is 3.28. The lowest BCUT2D eigenvalue weighted by Crippen LogP contribution is -2.54. The van der Waals surface area contributed by atoms with E-state index in [0.29, 0.717) is 12.8 Å². The first-order valence-electron chi connectivity index (χ1n) is 8.14. The van der Waals surface area contributed by atoms with Crippen molar-refractivity contribution < 1.29 is 9.59 Å². The summed E-state index contributed by atoms with van der Waals surface area (Å²) in [6, 6.07) is 9.67. The molecule has 2 heterocycles. The molecular weight excluding hydrogens is 278 g/mol. The lowest BCUT2D eigenvalue weighted by Gasteiger charge is -2.35. The van der Waals surface area contributed by atoms with Gasteiger partial charge in [0.2, 0.25) is 5.91 Å². The number of nitrogens with one attached hydrogen (secondary N) is 2. The molecule has 118 valence electrons. The second-order valence-electron chi connectivity index (χ2n) is 6.10. The highest BCUT2D eigenvalue weighted by Gasteiger charge is 2.32. The molecule has 22 heavy (non-hydrogen) atoms. The van der Waals surface area contributed by atoms with Gasteiger partial charge in [0.25, 0.3) is 0 Å². The van der Waals surface area contributed by atoms with Crippen molar-refractivity contribution in [3.05, 3.63) is 35.9 Å². The molecule has 3 rings (SSSR count). The fourth-order valence-corrected chi connectivity index (χ4v) is 3.28. The monoisotopic (exact) mass is 301 g/mol. The number of urea groups is 1. The second kappa shape index (κ2) is 6.81. The molecule has 5 heteroatoms. The zero-order valence-corrected chi connectivity index (χ0v) is 12.8. The summed E-state index contributed by atoms with van der Waals surface area (Å²) in [6.45, 7) is 1.67. The minimum atomic E-state index is -0.142. The summed E-state index contributed by atoms with van der Waals surface area (Å²) in [5.41, 5.74) is 1.04. The van der Waals surface area contributed by atoms with Crippen molar-refractivity contribution >= 4 is 11.9 Å². The highest BCUT2D eigenvalue weighted by Crippen LogP contribution is 2.24. The van der Waals surface area contributed by atoms with Crippen molar-refractivity contribution in [2.24, 2.45) is 0 Å². The molecule has 0 aliphatic carbocycles. The molecule has 2 atom stereocenters. The van der Waals surface area contributed by atoms with Gasteiger partial charge in [-0.25, -0.2) is 4.79 Å². The molecule has 0 spiro atoms. The summed E-state index contributed by atoms with van der Waals surface area (Å²) in [7, 11) is 0. The lowest BCUT2D eigenvalue weighted by molar-refractivity contribution is -0.123. The van der Waals surface area contributed by atoms with Crippen molar-refractivity contribution in [2.45, 2.75) is 44.2 Å². The molecule has 3 amide bonds. The maximum absolute atomic E-state index is 12.4.